The van der Waals surface area contributed by atoms with Gasteiger partial charge in [0.05, 0.1) is 19.1 Å². The van der Waals surface area contributed by atoms with E-state index in [2.05, 4.69) is 4.90 Å². The number of thiophene rings is 1. The Morgan fingerprint density at radius 3 is 3.11 bits per heavy atom. The summed E-state index contributed by atoms with van der Waals surface area (Å²) in [5.74, 6) is 0.132. The van der Waals surface area contributed by atoms with Gasteiger partial charge >= 0.3 is 5.97 Å². The van der Waals surface area contributed by atoms with E-state index in [4.69, 9.17) is 14.2 Å². The van der Waals surface area contributed by atoms with Crippen LogP contribution in [0.4, 0.5) is 4.39 Å². The summed E-state index contributed by atoms with van der Waals surface area (Å²) in [7, 11) is 0. The molecule has 0 bridgehead atoms. The van der Waals surface area contributed by atoms with Gasteiger partial charge in [-0.25, -0.2) is 4.39 Å². The van der Waals surface area contributed by atoms with Crippen molar-refractivity contribution in [3.8, 4) is 5.75 Å². The third-order valence-corrected chi connectivity index (χ3v) is 5.86. The van der Waals surface area contributed by atoms with Crippen molar-refractivity contribution in [1.82, 2.24) is 4.90 Å². The molecule has 0 spiro atoms. The second-order valence-corrected chi connectivity index (χ2v) is 7.98. The Labute approximate surface area is 168 Å². The highest BCUT2D eigenvalue weighted by Crippen LogP contribution is 2.38. The average molecular weight is 405 g/mol. The smallest absolute Gasteiger partial charge is 0.310 e. The zero-order valence-electron chi connectivity index (χ0n) is 15.9. The Bertz CT molecular complexity index is 826. The van der Waals surface area contributed by atoms with Crippen LogP contribution in [0.1, 0.15) is 42.7 Å². The fourth-order valence-electron chi connectivity index (χ4n) is 3.86. The maximum Gasteiger partial charge on any atom is 0.310 e. The van der Waals surface area contributed by atoms with Gasteiger partial charge in [0.25, 0.3) is 0 Å². The first-order chi connectivity index (χ1) is 13.6. The van der Waals surface area contributed by atoms with Crippen LogP contribution in [0.15, 0.2) is 29.0 Å². The van der Waals surface area contributed by atoms with E-state index in [1.807, 2.05) is 23.8 Å². The van der Waals surface area contributed by atoms with Gasteiger partial charge in [-0.1, -0.05) is 0 Å². The molecule has 0 amide bonds. The minimum atomic E-state index is -0.475. The quantitative estimate of drug-likeness (QED) is 0.696. The normalized spacial score (nSPS) is 22.4. The molecule has 2 aliphatic heterocycles. The van der Waals surface area contributed by atoms with E-state index in [0.29, 0.717) is 32.1 Å². The maximum atomic E-state index is 14.2. The Hall–Kier alpha value is -1.96. The zero-order chi connectivity index (χ0) is 19.5. The molecule has 5 nitrogen and oxygen atoms in total. The van der Waals surface area contributed by atoms with Gasteiger partial charge in [-0.15, -0.1) is 0 Å². The summed E-state index contributed by atoms with van der Waals surface area (Å²) in [6.45, 7) is 4.55. The lowest BCUT2D eigenvalue weighted by Crippen LogP contribution is -2.39. The highest BCUT2D eigenvalue weighted by molar-refractivity contribution is 7.07. The zero-order valence-corrected chi connectivity index (χ0v) is 16.7. The van der Waals surface area contributed by atoms with Gasteiger partial charge in [-0.2, -0.15) is 11.3 Å². The monoisotopic (exact) mass is 405 g/mol. The summed E-state index contributed by atoms with van der Waals surface area (Å²) in [4.78, 5) is 14.3. The molecule has 1 aromatic heterocycles. The number of carbonyl (C=O) groups excluding carboxylic acids is 1. The molecule has 0 radical (unpaired) electrons. The fraction of sp³-hybridized carbons (Fsp3) is 0.476. The summed E-state index contributed by atoms with van der Waals surface area (Å²) >= 11 is 1.58. The molecule has 2 aliphatic rings. The largest absolute Gasteiger partial charge is 0.466 e. The molecule has 1 aromatic carbocycles. The highest BCUT2D eigenvalue weighted by Gasteiger charge is 2.30. The summed E-state index contributed by atoms with van der Waals surface area (Å²) in [6.07, 6.45) is 1.28. The van der Waals surface area contributed by atoms with Gasteiger partial charge < -0.3 is 14.2 Å². The highest BCUT2D eigenvalue weighted by atomic mass is 32.1. The lowest BCUT2D eigenvalue weighted by atomic mass is 9.97. The van der Waals surface area contributed by atoms with Crippen molar-refractivity contribution in [3.63, 3.8) is 0 Å². The summed E-state index contributed by atoms with van der Waals surface area (Å²) in [5, 5.41) is 3.97. The minimum absolute atomic E-state index is 0.124. The van der Waals surface area contributed by atoms with E-state index in [9.17, 15) is 9.18 Å². The third kappa shape index (κ3) is 4.21. The number of rotatable bonds is 5. The first kappa shape index (κ1) is 19.4. The summed E-state index contributed by atoms with van der Waals surface area (Å²) in [6, 6.07) is 4.97. The number of hydrogen-bond acceptors (Lipinski definition) is 6. The molecule has 0 aliphatic carbocycles. The predicted octanol–water partition coefficient (Wildman–Crippen LogP) is 4.27. The molecule has 0 unspecified atom stereocenters. The number of carbonyl (C=O) groups is 1. The maximum absolute atomic E-state index is 14.2. The van der Waals surface area contributed by atoms with Gasteiger partial charge in [-0.3, -0.25) is 9.69 Å². The molecule has 2 aromatic rings. The molecule has 150 valence electrons. The average Bonchev–Trinajstić information content (AvgIpc) is 3.23. The summed E-state index contributed by atoms with van der Waals surface area (Å²) in [5.41, 5.74) is 2.48. The van der Waals surface area contributed by atoms with Crippen LogP contribution in [0.25, 0.3) is 0 Å². The lowest BCUT2D eigenvalue weighted by Gasteiger charge is -2.33. The first-order valence-corrected chi connectivity index (χ1v) is 10.6. The molecule has 28 heavy (non-hydrogen) atoms. The van der Waals surface area contributed by atoms with Gasteiger partial charge in [0.2, 0.25) is 6.29 Å². The predicted molar refractivity (Wildman–Crippen MR) is 104 cm³/mol. The molecule has 1 saturated heterocycles. The number of fused-ring (bicyclic) bond motifs is 1. The molecule has 7 heteroatoms. The van der Waals surface area contributed by atoms with E-state index in [1.165, 1.54) is 12.1 Å². The molecule has 4 rings (SSSR count). The molecular weight excluding hydrogens is 381 g/mol. The van der Waals surface area contributed by atoms with Crippen LogP contribution in [0.5, 0.6) is 5.75 Å². The molecule has 3 heterocycles. The van der Waals surface area contributed by atoms with Crippen molar-refractivity contribution in [2.24, 2.45) is 5.92 Å². The van der Waals surface area contributed by atoms with Crippen LogP contribution in [0.3, 0.4) is 0 Å². The number of piperidine rings is 1. The lowest BCUT2D eigenvalue weighted by molar-refractivity contribution is -0.150. The van der Waals surface area contributed by atoms with E-state index < -0.39 is 6.29 Å². The van der Waals surface area contributed by atoms with Gasteiger partial charge in [0.15, 0.2) is 0 Å². The first-order valence-electron chi connectivity index (χ1n) is 9.64. The van der Waals surface area contributed by atoms with Crippen molar-refractivity contribution in [1.29, 1.82) is 0 Å². The van der Waals surface area contributed by atoms with E-state index in [1.54, 1.807) is 11.3 Å². The van der Waals surface area contributed by atoms with Crippen LogP contribution in [0, 0.1) is 11.7 Å². The second kappa shape index (κ2) is 8.59. The van der Waals surface area contributed by atoms with Crippen LogP contribution >= 0.6 is 11.3 Å². The van der Waals surface area contributed by atoms with Crippen LogP contribution in [-0.2, 0) is 27.4 Å². The number of hydrogen-bond donors (Lipinski definition) is 0. The standard InChI is InChI=1S/C21H24FNO4S/c1-2-25-20(24)14-4-3-6-23(10-14)11-16-8-18(22)9-17-12-26-21(27-19(16)17)15-5-7-28-13-15/h5,7-9,13-14,21H,2-4,6,10-12H2,1H3/t14-,21+/m1/s1. The number of halogens is 1. The van der Waals surface area contributed by atoms with Crippen molar-refractivity contribution in [3.05, 3.63) is 51.5 Å². The van der Waals surface area contributed by atoms with E-state index >= 15 is 0 Å². The van der Waals surface area contributed by atoms with Crippen LogP contribution in [-0.4, -0.2) is 30.6 Å². The third-order valence-electron chi connectivity index (χ3n) is 5.16. The van der Waals surface area contributed by atoms with Gasteiger partial charge in [0.1, 0.15) is 11.6 Å². The van der Waals surface area contributed by atoms with Crippen molar-refractivity contribution in [2.45, 2.75) is 39.2 Å². The van der Waals surface area contributed by atoms with Crippen molar-refractivity contribution >= 4 is 17.3 Å². The molecule has 0 N–H and O–H groups in total. The topological polar surface area (TPSA) is 48.0 Å². The molecule has 0 saturated carbocycles. The second-order valence-electron chi connectivity index (χ2n) is 7.20. The Morgan fingerprint density at radius 1 is 1.43 bits per heavy atom. The van der Waals surface area contributed by atoms with E-state index in [-0.39, 0.29) is 17.7 Å². The summed E-state index contributed by atoms with van der Waals surface area (Å²) < 4.78 is 31.2. The van der Waals surface area contributed by atoms with Gasteiger partial charge in [-0.05, 0) is 49.9 Å². The Morgan fingerprint density at radius 2 is 2.32 bits per heavy atom. The number of benzene rings is 1. The Balaban J connectivity index is 1.52. The molecule has 2 atom stereocenters. The SMILES string of the molecule is CCOC(=O)[C@@H]1CCCN(Cc2cc(F)cc3c2O[C@@H](c2ccsc2)OC3)C1. The van der Waals surface area contributed by atoms with Crippen molar-refractivity contribution < 1.29 is 23.4 Å². The van der Waals surface area contributed by atoms with Crippen LogP contribution < -0.4 is 4.74 Å². The number of ether oxygens (including phenoxy) is 3. The molecule has 1 fully saturated rings. The number of nitrogens with zero attached hydrogens (tertiary/aromatic N) is 1. The number of esters is 1. The fourth-order valence-corrected chi connectivity index (χ4v) is 4.52. The van der Waals surface area contributed by atoms with Crippen molar-refractivity contribution in [2.75, 3.05) is 19.7 Å². The Kier molecular flexibility index (Phi) is 5.94. The molecular formula is C21H24FNO4S. The number of likely N-dealkylation sites (tertiary alicyclic amines) is 1. The minimum Gasteiger partial charge on any atom is -0.466 e. The van der Waals surface area contributed by atoms with E-state index in [0.717, 1.165) is 36.1 Å². The van der Waals surface area contributed by atoms with Crippen LogP contribution in [0.2, 0.25) is 0 Å². The van der Waals surface area contributed by atoms with Gasteiger partial charge in [0, 0.05) is 35.2 Å².